The van der Waals surface area contributed by atoms with Crippen LogP contribution in [0.15, 0.2) is 72.8 Å². The number of rotatable bonds is 11. The van der Waals surface area contributed by atoms with Crippen molar-refractivity contribution >= 4 is 7.32 Å². The molecule has 0 aliphatic carbocycles. The first kappa shape index (κ1) is 30.2. The zero-order chi connectivity index (χ0) is 23.0. The van der Waals surface area contributed by atoms with E-state index >= 15 is 0 Å². The van der Waals surface area contributed by atoms with Crippen molar-refractivity contribution in [3.05, 3.63) is 89.5 Å². The quantitative estimate of drug-likeness (QED) is 0.173. The minimum Gasteiger partial charge on any atom is -0.871 e. The Labute approximate surface area is 226 Å². The van der Waals surface area contributed by atoms with Crippen LogP contribution in [-0.4, -0.2) is 35.3 Å². The number of hydrogen-bond acceptors (Lipinski definition) is 6. The summed E-state index contributed by atoms with van der Waals surface area (Å²) in [5.41, 5.74) is 2.59. The van der Waals surface area contributed by atoms with Gasteiger partial charge in [0.25, 0.3) is 0 Å². The molecule has 3 aromatic carbocycles. The van der Waals surface area contributed by atoms with Gasteiger partial charge >= 0.3 is 37.7 Å². The maximum Gasteiger partial charge on any atom is 1.00 e. The topological polar surface area (TPSA) is 83.0 Å². The summed E-state index contributed by atoms with van der Waals surface area (Å²) in [7, 11) is 2.62. The molecule has 0 spiro atoms. The van der Waals surface area contributed by atoms with Crippen LogP contribution in [0.5, 0.6) is 17.2 Å². The van der Waals surface area contributed by atoms with Gasteiger partial charge in [-0.1, -0.05) is 36.4 Å². The average molecular weight is 448 g/mol. The van der Waals surface area contributed by atoms with E-state index in [2.05, 4.69) is 0 Å². The van der Waals surface area contributed by atoms with Crippen LogP contribution in [0.1, 0.15) is 29.5 Å². The third-order valence-corrected chi connectivity index (χ3v) is 5.70. The molecule has 0 aliphatic heterocycles. The van der Waals surface area contributed by atoms with Gasteiger partial charge in [0.15, 0.2) is 0 Å². The minimum absolute atomic E-state index is 0. The van der Waals surface area contributed by atoms with Crippen LogP contribution >= 0.6 is 0 Å². The third-order valence-electron chi connectivity index (χ3n) is 5.70. The largest absolute Gasteiger partial charge is 1.00 e. The maximum absolute atomic E-state index is 10.9. The smallest absolute Gasteiger partial charge is 0.871 e. The maximum atomic E-state index is 10.9. The molecular weight excluding hydrogens is 421 g/mol. The first-order valence-corrected chi connectivity index (χ1v) is 10.4. The van der Waals surface area contributed by atoms with Crippen molar-refractivity contribution in [3.63, 3.8) is 0 Å². The van der Waals surface area contributed by atoms with E-state index in [1.807, 2.05) is 72.8 Å². The third kappa shape index (κ3) is 7.11. The molecule has 0 amide bonds. The molecule has 0 N–H and O–H groups in total. The van der Waals surface area contributed by atoms with E-state index in [1.165, 1.54) is 0 Å². The molecule has 9 heteroatoms. The van der Waals surface area contributed by atoms with E-state index in [0.29, 0.717) is 12.8 Å². The van der Waals surface area contributed by atoms with Gasteiger partial charge in [-0.05, 0) is 65.9 Å². The van der Waals surface area contributed by atoms with Crippen molar-refractivity contribution in [2.45, 2.75) is 18.3 Å². The van der Waals surface area contributed by atoms with Gasteiger partial charge in [-0.25, -0.2) is 0 Å². The van der Waals surface area contributed by atoms with E-state index in [4.69, 9.17) is 18.9 Å². The summed E-state index contributed by atoms with van der Waals surface area (Å²) in [6.07, 6.45) is 1.13. The Morgan fingerprint density at radius 2 is 0.941 bits per heavy atom. The fourth-order valence-electron chi connectivity index (χ4n) is 4.08. The van der Waals surface area contributed by atoms with E-state index in [0.717, 1.165) is 33.9 Å². The standard InChI is InChI=1S/C25H27BO6.2Li/c1-29-22-11-5-19(6-12-22)25(17-4-18-32-26(27)28,20-7-13-23(30-2)14-8-20)21-9-15-24(31-3)16-10-21;;/h5-16H,4,17-18H2,1-3H3;;/q-2;2*+1. The Hall–Kier alpha value is -1.80. The van der Waals surface area contributed by atoms with E-state index in [1.54, 1.807) is 21.3 Å². The monoisotopic (exact) mass is 448 g/mol. The van der Waals surface area contributed by atoms with Crippen LogP contribution in [-0.2, 0) is 10.1 Å². The second-order valence-corrected chi connectivity index (χ2v) is 7.35. The summed E-state index contributed by atoms with van der Waals surface area (Å²) < 4.78 is 20.9. The summed E-state index contributed by atoms with van der Waals surface area (Å²) in [5.74, 6) is 2.28. The number of methoxy groups -OCH3 is 3. The molecule has 0 aliphatic rings. The molecule has 0 saturated carbocycles. The number of hydrogen-bond donors (Lipinski definition) is 0. The van der Waals surface area contributed by atoms with Crippen molar-refractivity contribution in [2.75, 3.05) is 27.9 Å². The summed E-state index contributed by atoms with van der Waals surface area (Å²) in [6, 6.07) is 23.8. The van der Waals surface area contributed by atoms with Gasteiger partial charge in [-0.3, -0.25) is 0 Å². The Morgan fingerprint density at radius 1 is 0.618 bits per heavy atom. The van der Waals surface area contributed by atoms with Gasteiger partial charge in [0.05, 0.1) is 28.7 Å². The molecular formula is C25H27BLi2O6. The molecule has 0 fully saturated rings. The molecule has 3 rings (SSSR count). The molecule has 0 atom stereocenters. The van der Waals surface area contributed by atoms with E-state index in [9.17, 15) is 10.0 Å². The first-order valence-electron chi connectivity index (χ1n) is 10.4. The van der Waals surface area contributed by atoms with Gasteiger partial charge in [0.1, 0.15) is 17.2 Å². The van der Waals surface area contributed by atoms with Crippen molar-refractivity contribution in [3.8, 4) is 17.2 Å². The molecule has 0 saturated heterocycles. The Balaban J connectivity index is 0.00000289. The Morgan fingerprint density at radius 3 is 1.21 bits per heavy atom. The minimum atomic E-state index is -2.28. The molecule has 3 aromatic rings. The van der Waals surface area contributed by atoms with E-state index in [-0.39, 0.29) is 44.3 Å². The zero-order valence-corrected chi connectivity index (χ0v) is 20.6. The Bertz CT molecular complexity index is 851. The van der Waals surface area contributed by atoms with Gasteiger partial charge in [-0.2, -0.15) is 0 Å². The molecule has 0 unspecified atom stereocenters. The predicted molar refractivity (Wildman–Crippen MR) is 120 cm³/mol. The second-order valence-electron chi connectivity index (χ2n) is 7.35. The van der Waals surface area contributed by atoms with Crippen molar-refractivity contribution in [1.82, 2.24) is 0 Å². The normalized spacial score (nSPS) is 10.5. The van der Waals surface area contributed by atoms with Crippen LogP contribution in [0, 0.1) is 0 Å². The molecule has 6 nitrogen and oxygen atoms in total. The van der Waals surface area contributed by atoms with E-state index < -0.39 is 12.7 Å². The van der Waals surface area contributed by atoms with Gasteiger partial charge < -0.3 is 28.9 Å². The van der Waals surface area contributed by atoms with Gasteiger partial charge in [0.2, 0.25) is 0 Å². The molecule has 0 radical (unpaired) electrons. The van der Waals surface area contributed by atoms with Crippen molar-refractivity contribution < 1.29 is 66.6 Å². The summed E-state index contributed by atoms with van der Waals surface area (Å²) in [6.45, 7) is 0.0852. The van der Waals surface area contributed by atoms with Crippen molar-refractivity contribution in [1.29, 1.82) is 0 Å². The van der Waals surface area contributed by atoms with Crippen LogP contribution in [0.2, 0.25) is 0 Å². The second kappa shape index (κ2) is 14.6. The zero-order valence-electron chi connectivity index (χ0n) is 20.6. The fraction of sp³-hybridized carbons (Fsp3) is 0.280. The molecule has 0 bridgehead atoms. The summed E-state index contributed by atoms with van der Waals surface area (Å²) in [4.78, 5) is 0. The van der Waals surface area contributed by atoms with Crippen molar-refractivity contribution in [2.24, 2.45) is 0 Å². The van der Waals surface area contributed by atoms with Gasteiger partial charge in [-0.15, -0.1) is 0 Å². The van der Waals surface area contributed by atoms with Crippen LogP contribution in [0.4, 0.5) is 0 Å². The first-order chi connectivity index (χ1) is 15.5. The fourth-order valence-corrected chi connectivity index (χ4v) is 4.08. The van der Waals surface area contributed by atoms with Crippen LogP contribution in [0.3, 0.4) is 0 Å². The number of benzene rings is 3. The SMILES string of the molecule is COc1ccc(C(CCCOB([O-])[O-])(c2ccc(OC)cc2)c2ccc(OC)cc2)cc1.[Li+].[Li+]. The van der Waals surface area contributed by atoms with Crippen LogP contribution in [0.25, 0.3) is 0 Å². The predicted octanol–water partition coefficient (Wildman–Crippen LogP) is -3.44. The molecule has 168 valence electrons. The molecule has 34 heavy (non-hydrogen) atoms. The molecule has 0 heterocycles. The Kier molecular flexibility index (Phi) is 13.0. The number of ether oxygens (including phenoxy) is 3. The van der Waals surface area contributed by atoms with Gasteiger partial charge in [0, 0.05) is 12.0 Å². The summed E-state index contributed by atoms with van der Waals surface area (Å²) >= 11 is 0. The average Bonchev–Trinajstić information content (AvgIpc) is 2.84. The van der Waals surface area contributed by atoms with Crippen LogP contribution < -0.4 is 62.0 Å². The molecule has 0 aromatic heterocycles. The summed E-state index contributed by atoms with van der Waals surface area (Å²) in [5, 5.41) is 21.7.